The summed E-state index contributed by atoms with van der Waals surface area (Å²) in [6, 6.07) is 4.25. The third-order valence-corrected chi connectivity index (χ3v) is 3.46. The fourth-order valence-corrected chi connectivity index (χ4v) is 2.20. The van der Waals surface area contributed by atoms with Gasteiger partial charge in [0.05, 0.1) is 6.61 Å². The highest BCUT2D eigenvalue weighted by atomic mass is 16.5. The molecule has 0 radical (unpaired) electrons. The Morgan fingerprint density at radius 3 is 2.47 bits per heavy atom. The van der Waals surface area contributed by atoms with Gasteiger partial charge in [0.1, 0.15) is 0 Å². The van der Waals surface area contributed by atoms with Gasteiger partial charge in [-0.25, -0.2) is 0 Å². The van der Waals surface area contributed by atoms with Crippen molar-refractivity contribution in [3.63, 3.8) is 0 Å². The fraction of sp³-hybridized carbons (Fsp3) is 0.706. The van der Waals surface area contributed by atoms with Gasteiger partial charge in [-0.3, -0.25) is 0 Å². The van der Waals surface area contributed by atoms with E-state index >= 15 is 0 Å². The van der Waals surface area contributed by atoms with Crippen LogP contribution in [0.1, 0.15) is 64.4 Å². The van der Waals surface area contributed by atoms with Crippen molar-refractivity contribution in [1.82, 2.24) is 0 Å². The van der Waals surface area contributed by atoms with Crippen LogP contribution in [-0.4, -0.2) is 6.61 Å². The number of ether oxygens (including phenoxy) is 1. The number of nitrogens with zero attached hydrogens (tertiary/aromatic N) is 1. The highest BCUT2D eigenvalue weighted by Crippen LogP contribution is 2.06. The maximum Gasteiger partial charge on any atom is 0.252 e. The Bertz CT molecular complexity index is 325. The van der Waals surface area contributed by atoms with Crippen LogP contribution in [0.4, 0.5) is 0 Å². The predicted molar refractivity (Wildman–Crippen MR) is 80.0 cm³/mol. The van der Waals surface area contributed by atoms with Crippen molar-refractivity contribution >= 4 is 0 Å². The molecule has 0 spiro atoms. The van der Waals surface area contributed by atoms with Crippen molar-refractivity contribution < 1.29 is 9.30 Å². The lowest BCUT2D eigenvalue weighted by Gasteiger charge is -2.02. The quantitative estimate of drug-likeness (QED) is 0.430. The van der Waals surface area contributed by atoms with Crippen molar-refractivity contribution in [2.24, 2.45) is 0 Å². The van der Waals surface area contributed by atoms with Crippen molar-refractivity contribution in [2.45, 2.75) is 71.9 Å². The van der Waals surface area contributed by atoms with Crippen LogP contribution in [0.25, 0.3) is 0 Å². The molecule has 0 N–H and O–H groups in total. The zero-order valence-electron chi connectivity index (χ0n) is 12.7. The molecule has 2 heteroatoms. The second-order valence-electron chi connectivity index (χ2n) is 5.24. The molecule has 0 aromatic carbocycles. The zero-order chi connectivity index (χ0) is 13.8. The molecule has 0 aliphatic carbocycles. The standard InChI is InChI=1S/C17H30NO/c1-3-5-6-7-8-9-10-14-19-16-18-13-11-12-17(4-2)15-18/h11-13,15H,3-10,14,16H2,1-2H3/q+1. The summed E-state index contributed by atoms with van der Waals surface area (Å²) in [6.45, 7) is 6.01. The molecule has 19 heavy (non-hydrogen) atoms. The van der Waals surface area contributed by atoms with E-state index in [0.717, 1.165) is 13.0 Å². The Labute approximate surface area is 118 Å². The second-order valence-corrected chi connectivity index (χ2v) is 5.24. The summed E-state index contributed by atoms with van der Waals surface area (Å²) in [5.41, 5.74) is 1.36. The van der Waals surface area contributed by atoms with Gasteiger partial charge in [-0.1, -0.05) is 52.4 Å². The number of hydrogen-bond acceptors (Lipinski definition) is 1. The van der Waals surface area contributed by atoms with Crippen molar-refractivity contribution in [3.8, 4) is 0 Å². The van der Waals surface area contributed by atoms with Crippen molar-refractivity contribution in [2.75, 3.05) is 6.61 Å². The molecular weight excluding hydrogens is 234 g/mol. The van der Waals surface area contributed by atoms with E-state index in [1.54, 1.807) is 0 Å². The first-order valence-electron chi connectivity index (χ1n) is 7.92. The Hall–Kier alpha value is -0.890. The van der Waals surface area contributed by atoms with E-state index in [-0.39, 0.29) is 0 Å². The lowest BCUT2D eigenvalue weighted by molar-refractivity contribution is -0.733. The Morgan fingerprint density at radius 1 is 1.00 bits per heavy atom. The van der Waals surface area contributed by atoms with Crippen molar-refractivity contribution in [1.29, 1.82) is 0 Å². The molecule has 0 aliphatic rings. The van der Waals surface area contributed by atoms with Gasteiger partial charge in [-0.05, 0) is 18.9 Å². The van der Waals surface area contributed by atoms with Gasteiger partial charge in [0, 0.05) is 11.6 Å². The Morgan fingerprint density at radius 2 is 1.74 bits per heavy atom. The molecule has 0 saturated carbocycles. The van der Waals surface area contributed by atoms with Gasteiger partial charge < -0.3 is 4.74 Å². The van der Waals surface area contributed by atoms with Crippen LogP contribution in [0.15, 0.2) is 24.5 Å². The number of unbranched alkanes of at least 4 members (excludes halogenated alkanes) is 6. The van der Waals surface area contributed by atoms with E-state index in [2.05, 4.69) is 42.9 Å². The van der Waals surface area contributed by atoms with Crippen molar-refractivity contribution in [3.05, 3.63) is 30.1 Å². The minimum Gasteiger partial charge on any atom is -0.323 e. The molecule has 0 aliphatic heterocycles. The van der Waals surface area contributed by atoms with E-state index in [4.69, 9.17) is 4.74 Å². The van der Waals surface area contributed by atoms with Gasteiger partial charge in [0.25, 0.3) is 6.73 Å². The summed E-state index contributed by atoms with van der Waals surface area (Å²) >= 11 is 0. The third kappa shape index (κ3) is 7.99. The van der Waals surface area contributed by atoms with Gasteiger partial charge in [-0.15, -0.1) is 0 Å². The monoisotopic (exact) mass is 264 g/mol. The summed E-state index contributed by atoms with van der Waals surface area (Å²) in [5, 5.41) is 0. The fourth-order valence-electron chi connectivity index (χ4n) is 2.20. The second kappa shape index (κ2) is 11.0. The molecule has 0 bridgehead atoms. The maximum atomic E-state index is 5.71. The van der Waals surface area contributed by atoms with Crippen LogP contribution in [0.5, 0.6) is 0 Å². The topological polar surface area (TPSA) is 13.1 Å². The highest BCUT2D eigenvalue weighted by Gasteiger charge is 2.01. The summed E-state index contributed by atoms with van der Waals surface area (Å²) in [4.78, 5) is 0. The first-order chi connectivity index (χ1) is 9.36. The van der Waals surface area contributed by atoms with E-state index in [1.807, 2.05) is 0 Å². The summed E-state index contributed by atoms with van der Waals surface area (Å²) in [6.07, 6.45) is 14.7. The van der Waals surface area contributed by atoms with E-state index in [9.17, 15) is 0 Å². The number of aryl methyl sites for hydroxylation is 1. The number of rotatable bonds is 11. The lowest BCUT2D eigenvalue weighted by atomic mass is 10.1. The van der Waals surface area contributed by atoms with Gasteiger partial charge in [0.15, 0.2) is 12.4 Å². The number of pyridine rings is 1. The molecule has 108 valence electrons. The first-order valence-corrected chi connectivity index (χ1v) is 7.92. The minimum absolute atomic E-state index is 0.684. The van der Waals surface area contributed by atoms with Crippen LogP contribution in [0.2, 0.25) is 0 Å². The summed E-state index contributed by atoms with van der Waals surface area (Å²) in [7, 11) is 0. The molecule has 0 amide bonds. The SMILES string of the molecule is CCCCCCCCCOC[n+]1cccc(CC)c1. The normalized spacial score (nSPS) is 10.8. The zero-order valence-corrected chi connectivity index (χ0v) is 12.7. The molecule has 2 nitrogen and oxygen atoms in total. The number of hydrogen-bond donors (Lipinski definition) is 0. The molecule has 1 rings (SSSR count). The summed E-state index contributed by atoms with van der Waals surface area (Å²) in [5.74, 6) is 0. The molecule has 1 heterocycles. The van der Waals surface area contributed by atoms with Crippen LogP contribution < -0.4 is 4.57 Å². The van der Waals surface area contributed by atoms with Crippen LogP contribution in [0.3, 0.4) is 0 Å². The minimum atomic E-state index is 0.684. The maximum absolute atomic E-state index is 5.71. The van der Waals surface area contributed by atoms with E-state index in [1.165, 1.54) is 50.5 Å². The molecule has 0 saturated heterocycles. The lowest BCUT2D eigenvalue weighted by Crippen LogP contribution is -2.34. The third-order valence-electron chi connectivity index (χ3n) is 3.46. The average Bonchev–Trinajstić information content (AvgIpc) is 2.46. The largest absolute Gasteiger partial charge is 0.323 e. The molecule has 1 aromatic rings. The molecule has 0 fully saturated rings. The molecule has 0 atom stereocenters. The average molecular weight is 264 g/mol. The smallest absolute Gasteiger partial charge is 0.252 e. The Balaban J connectivity index is 1.98. The van der Waals surface area contributed by atoms with Gasteiger partial charge in [-0.2, -0.15) is 4.57 Å². The van der Waals surface area contributed by atoms with Crippen LogP contribution in [-0.2, 0) is 17.9 Å². The predicted octanol–water partition coefficient (Wildman–Crippen LogP) is 4.26. The highest BCUT2D eigenvalue weighted by molar-refractivity contribution is 5.04. The van der Waals surface area contributed by atoms with E-state index in [0.29, 0.717) is 6.73 Å². The van der Waals surface area contributed by atoms with Gasteiger partial charge >= 0.3 is 0 Å². The van der Waals surface area contributed by atoms with Crippen LogP contribution in [0, 0.1) is 0 Å². The van der Waals surface area contributed by atoms with Crippen LogP contribution >= 0.6 is 0 Å². The number of aromatic nitrogens is 1. The first kappa shape index (κ1) is 16.2. The molecule has 1 aromatic heterocycles. The molecular formula is C17H30NO+. The molecule has 0 unspecified atom stereocenters. The Kier molecular flexibility index (Phi) is 9.34. The summed E-state index contributed by atoms with van der Waals surface area (Å²) < 4.78 is 7.83. The van der Waals surface area contributed by atoms with Gasteiger partial charge in [0.2, 0.25) is 0 Å². The van der Waals surface area contributed by atoms with E-state index < -0.39 is 0 Å².